The van der Waals surface area contributed by atoms with E-state index in [1.165, 1.54) is 43.9 Å². The fraction of sp³-hybridized carbons (Fsp3) is 0.300. The number of oxazole rings is 1. The van der Waals surface area contributed by atoms with E-state index in [-0.39, 0.29) is 33.3 Å². The molecule has 3 rings (SSSR count). The zero-order chi connectivity index (χ0) is 22.2. The number of aryl methyl sites for hydroxylation is 2. The maximum atomic E-state index is 13.1. The molecule has 0 saturated heterocycles. The molecule has 0 bridgehead atoms. The number of nitrogens with one attached hydrogen (secondary N) is 1. The van der Waals surface area contributed by atoms with E-state index in [2.05, 4.69) is 4.72 Å². The second-order valence-corrected chi connectivity index (χ2v) is 8.26. The van der Waals surface area contributed by atoms with Crippen molar-refractivity contribution in [3.05, 3.63) is 45.9 Å². The topological polar surface area (TPSA) is 117 Å². The third kappa shape index (κ3) is 3.65. The van der Waals surface area contributed by atoms with E-state index in [4.69, 9.17) is 13.9 Å². The van der Waals surface area contributed by atoms with Gasteiger partial charge in [-0.25, -0.2) is 13.2 Å². The second kappa shape index (κ2) is 7.86. The van der Waals surface area contributed by atoms with Crippen molar-refractivity contribution >= 4 is 32.6 Å². The van der Waals surface area contributed by atoms with Crippen LogP contribution in [0.15, 0.2) is 38.4 Å². The lowest BCUT2D eigenvalue weighted by molar-refractivity contribution is 0.101. The van der Waals surface area contributed by atoms with E-state index in [9.17, 15) is 18.0 Å². The minimum Gasteiger partial charge on any atom is -0.493 e. The number of nitrogens with zero attached hydrogens (tertiary/aromatic N) is 1. The summed E-state index contributed by atoms with van der Waals surface area (Å²) in [4.78, 5) is 24.0. The number of sulfonamides is 1. The average Bonchev–Trinajstić information content (AvgIpc) is 3.00. The van der Waals surface area contributed by atoms with E-state index < -0.39 is 15.8 Å². The lowest BCUT2D eigenvalue weighted by Crippen LogP contribution is -2.17. The summed E-state index contributed by atoms with van der Waals surface area (Å²) in [7, 11) is -1.29. The summed E-state index contributed by atoms with van der Waals surface area (Å²) in [6.45, 7) is 5.12. The summed E-state index contributed by atoms with van der Waals surface area (Å²) in [5.74, 6) is -0.357. The molecule has 0 amide bonds. The van der Waals surface area contributed by atoms with Crippen LogP contribution >= 0.6 is 0 Å². The molecule has 30 heavy (non-hydrogen) atoms. The number of benzene rings is 2. The molecule has 1 heterocycles. The Bertz CT molecular complexity index is 1300. The van der Waals surface area contributed by atoms with Crippen LogP contribution < -0.4 is 20.0 Å². The number of Topliss-reactive ketones (excluding diaryl/α,β-unsaturated/α-hetero) is 1. The van der Waals surface area contributed by atoms with Crippen molar-refractivity contribution in [3.8, 4) is 11.5 Å². The van der Waals surface area contributed by atoms with Crippen molar-refractivity contribution in [2.24, 2.45) is 0 Å². The van der Waals surface area contributed by atoms with Crippen LogP contribution in [0, 0.1) is 6.92 Å². The summed E-state index contributed by atoms with van der Waals surface area (Å²) >= 11 is 0. The molecule has 1 aromatic heterocycles. The second-order valence-electron chi connectivity index (χ2n) is 6.61. The Labute approximate surface area is 173 Å². The number of rotatable bonds is 7. The minimum atomic E-state index is -4.12. The van der Waals surface area contributed by atoms with Crippen molar-refractivity contribution < 1.29 is 27.1 Å². The maximum Gasteiger partial charge on any atom is 0.419 e. The van der Waals surface area contributed by atoms with E-state index in [1.54, 1.807) is 19.9 Å². The summed E-state index contributed by atoms with van der Waals surface area (Å²) < 4.78 is 45.7. The van der Waals surface area contributed by atoms with Crippen LogP contribution in [0.25, 0.3) is 11.1 Å². The molecule has 0 fully saturated rings. The van der Waals surface area contributed by atoms with Gasteiger partial charge in [-0.2, -0.15) is 0 Å². The summed E-state index contributed by atoms with van der Waals surface area (Å²) in [6, 6.07) is 5.68. The Kier molecular flexibility index (Phi) is 5.62. The van der Waals surface area contributed by atoms with Crippen LogP contribution in [0.4, 0.5) is 5.69 Å². The average molecular weight is 434 g/mol. The molecule has 0 aliphatic heterocycles. The molecule has 0 spiro atoms. The third-order valence-corrected chi connectivity index (χ3v) is 6.23. The molecule has 0 saturated carbocycles. The van der Waals surface area contributed by atoms with Gasteiger partial charge in [-0.1, -0.05) is 0 Å². The van der Waals surface area contributed by atoms with Gasteiger partial charge >= 0.3 is 5.76 Å². The van der Waals surface area contributed by atoms with E-state index >= 15 is 0 Å². The molecule has 0 unspecified atom stereocenters. The summed E-state index contributed by atoms with van der Waals surface area (Å²) in [5, 5.41) is 0. The first-order valence-electron chi connectivity index (χ1n) is 9.06. The standard InChI is InChI=1S/C20H22N2O7S/c1-6-22-15-7-11(2)19(10-16(15)29-20(22)24)30(25,26)21-14-9-18(28-5)17(27-4)8-13(14)12(3)23/h7-10,21H,6H2,1-5H3. The molecule has 0 aliphatic rings. The van der Waals surface area contributed by atoms with Crippen LogP contribution in [-0.2, 0) is 16.6 Å². The Hall–Kier alpha value is -3.27. The number of anilines is 1. The first-order valence-corrected chi connectivity index (χ1v) is 10.5. The Morgan fingerprint density at radius 2 is 1.77 bits per heavy atom. The predicted molar refractivity (Wildman–Crippen MR) is 111 cm³/mol. The molecule has 0 aliphatic carbocycles. The van der Waals surface area contributed by atoms with Gasteiger partial charge in [0.05, 0.1) is 30.3 Å². The SMILES string of the molecule is CCn1c(=O)oc2cc(S(=O)(=O)Nc3cc(OC)c(OC)cc3C(C)=O)c(C)cc21. The highest BCUT2D eigenvalue weighted by Gasteiger charge is 2.24. The number of hydrogen-bond donors (Lipinski definition) is 1. The van der Waals surface area contributed by atoms with E-state index in [0.29, 0.717) is 23.4 Å². The van der Waals surface area contributed by atoms with Gasteiger partial charge in [-0.05, 0) is 38.5 Å². The molecule has 0 radical (unpaired) electrons. The number of fused-ring (bicyclic) bond motifs is 1. The highest BCUT2D eigenvalue weighted by molar-refractivity contribution is 7.92. The highest BCUT2D eigenvalue weighted by atomic mass is 32.2. The predicted octanol–water partition coefficient (Wildman–Crippen LogP) is 2.94. The summed E-state index contributed by atoms with van der Waals surface area (Å²) in [5.41, 5.74) is 1.26. The number of hydrogen-bond acceptors (Lipinski definition) is 7. The number of carbonyl (C=O) groups excluding carboxylic acids is 1. The quantitative estimate of drug-likeness (QED) is 0.568. The molecule has 1 N–H and O–H groups in total. The lowest BCUT2D eigenvalue weighted by atomic mass is 10.1. The molecule has 9 nitrogen and oxygen atoms in total. The van der Waals surface area contributed by atoms with Crippen LogP contribution in [0.3, 0.4) is 0 Å². The van der Waals surface area contributed by atoms with E-state index in [1.807, 2.05) is 0 Å². The first kappa shape index (κ1) is 21.4. The van der Waals surface area contributed by atoms with Gasteiger partial charge in [0.25, 0.3) is 10.0 Å². The van der Waals surface area contributed by atoms with Crippen LogP contribution in [0.2, 0.25) is 0 Å². The normalized spacial score (nSPS) is 11.5. The Balaban J connectivity index is 2.14. The number of aromatic nitrogens is 1. The zero-order valence-electron chi connectivity index (χ0n) is 17.2. The van der Waals surface area contributed by atoms with Gasteiger partial charge in [0.2, 0.25) is 0 Å². The largest absolute Gasteiger partial charge is 0.493 e. The van der Waals surface area contributed by atoms with Crippen molar-refractivity contribution in [2.75, 3.05) is 18.9 Å². The maximum absolute atomic E-state index is 13.1. The van der Waals surface area contributed by atoms with Crippen molar-refractivity contribution in [3.63, 3.8) is 0 Å². The lowest BCUT2D eigenvalue weighted by Gasteiger charge is -2.16. The van der Waals surface area contributed by atoms with Crippen LogP contribution in [-0.4, -0.2) is 33.0 Å². The number of methoxy groups -OCH3 is 2. The van der Waals surface area contributed by atoms with Gasteiger partial charge in [0, 0.05) is 24.2 Å². The highest BCUT2D eigenvalue weighted by Crippen LogP contribution is 2.35. The smallest absolute Gasteiger partial charge is 0.419 e. The molecule has 2 aromatic carbocycles. The molecular weight excluding hydrogens is 412 g/mol. The fourth-order valence-corrected chi connectivity index (χ4v) is 4.55. The minimum absolute atomic E-state index is 0.0484. The van der Waals surface area contributed by atoms with Crippen molar-refractivity contribution in [1.82, 2.24) is 4.57 Å². The summed E-state index contributed by atoms with van der Waals surface area (Å²) in [6.07, 6.45) is 0. The number of ketones is 1. The van der Waals surface area contributed by atoms with Gasteiger partial charge < -0.3 is 13.9 Å². The van der Waals surface area contributed by atoms with Crippen LogP contribution in [0.1, 0.15) is 29.8 Å². The van der Waals surface area contributed by atoms with Gasteiger partial charge in [0.15, 0.2) is 22.9 Å². The molecule has 160 valence electrons. The number of ether oxygens (including phenoxy) is 2. The molecule has 10 heteroatoms. The van der Waals surface area contributed by atoms with Gasteiger partial charge in [-0.3, -0.25) is 14.1 Å². The molecular formula is C20H22N2O7S. The van der Waals surface area contributed by atoms with Crippen LogP contribution in [0.5, 0.6) is 11.5 Å². The molecule has 0 atom stereocenters. The number of carbonyl (C=O) groups is 1. The Morgan fingerprint density at radius 3 is 2.33 bits per heavy atom. The molecule has 3 aromatic rings. The van der Waals surface area contributed by atoms with E-state index in [0.717, 1.165) is 0 Å². The fourth-order valence-electron chi connectivity index (χ4n) is 3.24. The first-order chi connectivity index (χ1) is 14.1. The zero-order valence-corrected chi connectivity index (χ0v) is 18.0. The third-order valence-electron chi connectivity index (χ3n) is 4.72. The van der Waals surface area contributed by atoms with Crippen molar-refractivity contribution in [1.29, 1.82) is 0 Å². The van der Waals surface area contributed by atoms with Gasteiger partial charge in [0.1, 0.15) is 0 Å². The Morgan fingerprint density at radius 1 is 1.13 bits per heavy atom. The van der Waals surface area contributed by atoms with Gasteiger partial charge in [-0.15, -0.1) is 0 Å². The monoisotopic (exact) mass is 434 g/mol. The van der Waals surface area contributed by atoms with Crippen molar-refractivity contribution in [2.45, 2.75) is 32.2 Å².